The van der Waals surface area contributed by atoms with E-state index < -0.39 is 40.1 Å². The SMILES string of the molecule is CN(CC(=O)Nc1cccc(S(=O)(=O)N(CC(=O)OC(C)(C)C)c2ccccc2)c1)C(=O)OCc1ccccc1. The van der Waals surface area contributed by atoms with Crippen molar-refractivity contribution in [3.05, 3.63) is 90.5 Å². The number of para-hydroxylation sites is 1. The molecule has 0 saturated carbocycles. The molecule has 0 aliphatic rings. The number of carbonyl (C=O) groups is 3. The molecule has 0 aliphatic heterocycles. The summed E-state index contributed by atoms with van der Waals surface area (Å²) in [5.74, 6) is -1.27. The Kier molecular flexibility index (Phi) is 9.89. The number of esters is 1. The molecule has 0 saturated heterocycles. The van der Waals surface area contributed by atoms with Crippen LogP contribution in [0, 0.1) is 0 Å². The van der Waals surface area contributed by atoms with Gasteiger partial charge in [-0.1, -0.05) is 54.6 Å². The third-order valence-electron chi connectivity index (χ3n) is 5.34. The summed E-state index contributed by atoms with van der Waals surface area (Å²) in [5.41, 5.74) is 0.484. The lowest BCUT2D eigenvalue weighted by Gasteiger charge is -2.26. The van der Waals surface area contributed by atoms with E-state index >= 15 is 0 Å². The monoisotopic (exact) mass is 567 g/mol. The molecule has 1 N–H and O–H groups in total. The number of hydrogen-bond donors (Lipinski definition) is 1. The molecule has 0 spiro atoms. The second kappa shape index (κ2) is 13.1. The van der Waals surface area contributed by atoms with E-state index in [4.69, 9.17) is 9.47 Å². The molecular formula is C29H33N3O7S. The van der Waals surface area contributed by atoms with Crippen molar-refractivity contribution in [3.63, 3.8) is 0 Å². The average Bonchev–Trinajstić information content (AvgIpc) is 2.90. The van der Waals surface area contributed by atoms with Gasteiger partial charge < -0.3 is 19.7 Å². The molecule has 3 aromatic carbocycles. The maximum Gasteiger partial charge on any atom is 0.410 e. The summed E-state index contributed by atoms with van der Waals surface area (Å²) >= 11 is 0. The van der Waals surface area contributed by atoms with E-state index in [0.29, 0.717) is 0 Å². The van der Waals surface area contributed by atoms with Gasteiger partial charge >= 0.3 is 12.1 Å². The lowest BCUT2D eigenvalue weighted by Crippen LogP contribution is -2.39. The zero-order valence-corrected chi connectivity index (χ0v) is 23.7. The zero-order valence-electron chi connectivity index (χ0n) is 22.9. The number of hydrogen-bond acceptors (Lipinski definition) is 7. The van der Waals surface area contributed by atoms with Gasteiger partial charge in [0.25, 0.3) is 10.0 Å². The zero-order chi connectivity index (χ0) is 29.3. The second-order valence-corrected chi connectivity index (χ2v) is 11.8. The molecule has 3 aromatic rings. The van der Waals surface area contributed by atoms with Crippen molar-refractivity contribution in [2.24, 2.45) is 0 Å². The number of sulfonamides is 1. The average molecular weight is 568 g/mol. The van der Waals surface area contributed by atoms with E-state index in [1.807, 2.05) is 30.3 Å². The van der Waals surface area contributed by atoms with Crippen LogP contribution in [0.1, 0.15) is 26.3 Å². The van der Waals surface area contributed by atoms with Gasteiger partial charge in [-0.15, -0.1) is 0 Å². The summed E-state index contributed by atoms with van der Waals surface area (Å²) in [6, 6.07) is 22.9. The van der Waals surface area contributed by atoms with Gasteiger partial charge in [-0.3, -0.25) is 13.9 Å². The van der Waals surface area contributed by atoms with Crippen LogP contribution in [0.2, 0.25) is 0 Å². The molecule has 0 fully saturated rings. The number of carbonyl (C=O) groups excluding carboxylic acids is 3. The minimum Gasteiger partial charge on any atom is -0.459 e. The normalized spacial score (nSPS) is 11.3. The summed E-state index contributed by atoms with van der Waals surface area (Å²) < 4.78 is 38.9. The molecular weight excluding hydrogens is 534 g/mol. The minimum absolute atomic E-state index is 0.0622. The minimum atomic E-state index is -4.24. The molecule has 0 aromatic heterocycles. The third-order valence-corrected chi connectivity index (χ3v) is 7.11. The lowest BCUT2D eigenvalue weighted by molar-refractivity contribution is -0.152. The highest BCUT2D eigenvalue weighted by Crippen LogP contribution is 2.26. The summed E-state index contributed by atoms with van der Waals surface area (Å²) in [6.07, 6.45) is -0.684. The van der Waals surface area contributed by atoms with Crippen molar-refractivity contribution in [2.75, 3.05) is 29.8 Å². The van der Waals surface area contributed by atoms with Gasteiger partial charge in [0.15, 0.2) is 0 Å². The van der Waals surface area contributed by atoms with Crippen LogP contribution in [0.4, 0.5) is 16.2 Å². The maximum atomic E-state index is 13.7. The van der Waals surface area contributed by atoms with Crippen molar-refractivity contribution in [1.82, 2.24) is 4.90 Å². The largest absolute Gasteiger partial charge is 0.459 e. The molecule has 0 atom stereocenters. The van der Waals surface area contributed by atoms with Gasteiger partial charge in [0, 0.05) is 12.7 Å². The Morgan fingerprint density at radius 3 is 2.10 bits per heavy atom. The Labute approximate surface area is 234 Å². The van der Waals surface area contributed by atoms with E-state index in [9.17, 15) is 22.8 Å². The molecule has 0 unspecified atom stereocenters. The van der Waals surface area contributed by atoms with Gasteiger partial charge in [-0.05, 0) is 56.7 Å². The van der Waals surface area contributed by atoms with Crippen LogP contribution in [0.15, 0.2) is 89.8 Å². The van der Waals surface area contributed by atoms with E-state index in [-0.39, 0.29) is 29.4 Å². The van der Waals surface area contributed by atoms with Crippen LogP contribution in [0.3, 0.4) is 0 Å². The van der Waals surface area contributed by atoms with Crippen molar-refractivity contribution in [3.8, 4) is 0 Å². The van der Waals surface area contributed by atoms with E-state index in [0.717, 1.165) is 14.8 Å². The first-order valence-electron chi connectivity index (χ1n) is 12.5. The molecule has 0 radical (unpaired) electrons. The highest BCUT2D eigenvalue weighted by Gasteiger charge is 2.29. The predicted octanol–water partition coefficient (Wildman–Crippen LogP) is 4.43. The van der Waals surface area contributed by atoms with E-state index in [1.54, 1.807) is 51.1 Å². The maximum absolute atomic E-state index is 13.7. The summed E-state index contributed by atoms with van der Waals surface area (Å²) in [4.78, 5) is 38.4. The molecule has 0 heterocycles. The molecule has 0 bridgehead atoms. The molecule has 11 heteroatoms. The molecule has 0 aliphatic carbocycles. The molecule has 212 valence electrons. The Hall–Kier alpha value is -4.38. The molecule has 3 rings (SSSR count). The van der Waals surface area contributed by atoms with Gasteiger partial charge in [-0.2, -0.15) is 0 Å². The van der Waals surface area contributed by atoms with Crippen LogP contribution in [-0.2, 0) is 35.7 Å². The van der Waals surface area contributed by atoms with Gasteiger partial charge in [0.2, 0.25) is 5.91 Å². The van der Waals surface area contributed by atoms with Crippen molar-refractivity contribution >= 4 is 39.4 Å². The van der Waals surface area contributed by atoms with Crippen LogP contribution in [-0.4, -0.2) is 57.0 Å². The van der Waals surface area contributed by atoms with Gasteiger partial charge in [0.1, 0.15) is 25.3 Å². The predicted molar refractivity (Wildman–Crippen MR) is 151 cm³/mol. The summed E-state index contributed by atoms with van der Waals surface area (Å²) in [7, 11) is -2.82. The second-order valence-electron chi connectivity index (χ2n) is 9.91. The highest BCUT2D eigenvalue weighted by molar-refractivity contribution is 7.92. The summed E-state index contributed by atoms with van der Waals surface area (Å²) in [6.45, 7) is 4.28. The fourth-order valence-electron chi connectivity index (χ4n) is 3.57. The van der Waals surface area contributed by atoms with Crippen molar-refractivity contribution < 1.29 is 32.3 Å². The number of benzene rings is 3. The Bertz CT molecular complexity index is 1420. The third kappa shape index (κ3) is 8.84. The number of nitrogens with zero attached hydrogens (tertiary/aromatic N) is 2. The fourth-order valence-corrected chi connectivity index (χ4v) is 5.03. The Balaban J connectivity index is 1.71. The standard InChI is InChI=1S/C29H33N3O7S/c1-29(2,3)39-27(34)20-32(24-15-9-6-10-16-24)40(36,37)25-17-11-14-23(18-25)30-26(33)19-31(4)28(35)38-21-22-12-7-5-8-13-22/h5-18H,19-21H2,1-4H3,(H,30,33). The number of likely N-dealkylation sites (N-methyl/N-ethyl adjacent to an activating group) is 1. The van der Waals surface area contributed by atoms with Gasteiger partial charge in [0.05, 0.1) is 10.6 Å². The molecule has 40 heavy (non-hydrogen) atoms. The Morgan fingerprint density at radius 2 is 1.48 bits per heavy atom. The van der Waals surface area contributed by atoms with Crippen LogP contribution in [0.5, 0.6) is 0 Å². The number of amides is 2. The highest BCUT2D eigenvalue weighted by atomic mass is 32.2. The first kappa shape index (κ1) is 30.2. The molecule has 2 amide bonds. The van der Waals surface area contributed by atoms with Crippen molar-refractivity contribution in [1.29, 1.82) is 0 Å². The molecule has 10 nitrogen and oxygen atoms in total. The first-order chi connectivity index (χ1) is 18.8. The number of rotatable bonds is 10. The number of ether oxygens (including phenoxy) is 2. The van der Waals surface area contributed by atoms with E-state index in [1.165, 1.54) is 31.3 Å². The first-order valence-corrected chi connectivity index (χ1v) is 13.9. The van der Waals surface area contributed by atoms with E-state index in [2.05, 4.69) is 5.32 Å². The topological polar surface area (TPSA) is 122 Å². The Morgan fingerprint density at radius 1 is 0.850 bits per heavy atom. The number of nitrogens with one attached hydrogen (secondary N) is 1. The van der Waals surface area contributed by atoms with Gasteiger partial charge in [-0.25, -0.2) is 13.2 Å². The van der Waals surface area contributed by atoms with Crippen LogP contribution < -0.4 is 9.62 Å². The van der Waals surface area contributed by atoms with Crippen LogP contribution >= 0.6 is 0 Å². The lowest BCUT2D eigenvalue weighted by atomic mass is 10.2. The summed E-state index contributed by atoms with van der Waals surface area (Å²) in [5, 5.41) is 2.60. The number of anilines is 2. The van der Waals surface area contributed by atoms with Crippen LogP contribution in [0.25, 0.3) is 0 Å². The van der Waals surface area contributed by atoms with Crippen molar-refractivity contribution in [2.45, 2.75) is 37.9 Å². The smallest absolute Gasteiger partial charge is 0.410 e. The fraction of sp³-hybridized carbons (Fsp3) is 0.276. The quantitative estimate of drug-likeness (QED) is 0.360.